The van der Waals surface area contributed by atoms with Gasteiger partial charge in [-0.3, -0.25) is 9.78 Å². The molecule has 104 valence electrons. The van der Waals surface area contributed by atoms with Crippen LogP contribution in [-0.4, -0.2) is 28.9 Å². The van der Waals surface area contributed by atoms with Crippen LogP contribution in [0.2, 0.25) is 0 Å². The Labute approximate surface area is 119 Å². The summed E-state index contributed by atoms with van der Waals surface area (Å²) in [5.74, 6) is 0.141. The lowest BCUT2D eigenvalue weighted by atomic mass is 10.1. The van der Waals surface area contributed by atoms with Crippen molar-refractivity contribution in [2.45, 2.75) is 32.6 Å². The zero-order valence-corrected chi connectivity index (χ0v) is 11.9. The molecule has 0 N–H and O–H groups in total. The summed E-state index contributed by atoms with van der Waals surface area (Å²) in [5.41, 5.74) is 2.54. The van der Waals surface area contributed by atoms with Crippen LogP contribution < -0.4 is 0 Å². The molecule has 1 aliphatic rings. The second-order valence-electron chi connectivity index (χ2n) is 5.52. The Morgan fingerprint density at radius 1 is 1.10 bits per heavy atom. The number of hydrogen-bond donors (Lipinski definition) is 0. The molecule has 3 rings (SSSR count). The Morgan fingerprint density at radius 2 is 1.80 bits per heavy atom. The van der Waals surface area contributed by atoms with Crippen molar-refractivity contribution in [3.8, 4) is 0 Å². The standard InChI is InChI=1S/C17H20N2O/c1-13-15(12-14-8-4-5-9-16(14)18-13)17(20)19-10-6-2-3-7-11-19/h4-5,8-9,12H,2-3,6-7,10-11H2,1H3. The Bertz CT molecular complexity index is 628. The third-order valence-electron chi connectivity index (χ3n) is 4.04. The summed E-state index contributed by atoms with van der Waals surface area (Å²) < 4.78 is 0. The van der Waals surface area contributed by atoms with E-state index in [9.17, 15) is 4.79 Å². The maximum Gasteiger partial charge on any atom is 0.255 e. The predicted octanol–water partition coefficient (Wildman–Crippen LogP) is 3.56. The molecule has 2 aromatic rings. The fraction of sp³-hybridized carbons (Fsp3) is 0.412. The molecule has 2 heterocycles. The van der Waals surface area contributed by atoms with E-state index >= 15 is 0 Å². The van der Waals surface area contributed by atoms with Crippen LogP contribution in [0.25, 0.3) is 10.9 Å². The van der Waals surface area contributed by atoms with Crippen molar-refractivity contribution >= 4 is 16.8 Å². The van der Waals surface area contributed by atoms with Crippen molar-refractivity contribution in [2.75, 3.05) is 13.1 Å². The lowest BCUT2D eigenvalue weighted by molar-refractivity contribution is 0.0760. The van der Waals surface area contributed by atoms with E-state index in [2.05, 4.69) is 4.98 Å². The number of hydrogen-bond acceptors (Lipinski definition) is 2. The molecule has 1 amide bonds. The molecular formula is C17H20N2O. The number of likely N-dealkylation sites (tertiary alicyclic amines) is 1. The number of para-hydroxylation sites is 1. The molecule has 0 bridgehead atoms. The number of fused-ring (bicyclic) bond motifs is 1. The smallest absolute Gasteiger partial charge is 0.255 e. The summed E-state index contributed by atoms with van der Waals surface area (Å²) in [4.78, 5) is 19.3. The zero-order chi connectivity index (χ0) is 13.9. The Balaban J connectivity index is 1.95. The van der Waals surface area contributed by atoms with Gasteiger partial charge in [0.2, 0.25) is 0 Å². The number of nitrogens with zero attached hydrogens (tertiary/aromatic N) is 2. The molecule has 3 nitrogen and oxygen atoms in total. The summed E-state index contributed by atoms with van der Waals surface area (Å²) in [5, 5.41) is 1.04. The average molecular weight is 268 g/mol. The summed E-state index contributed by atoms with van der Waals surface area (Å²) in [6.45, 7) is 3.69. The van der Waals surface area contributed by atoms with Crippen molar-refractivity contribution in [3.05, 3.63) is 41.6 Å². The number of pyridine rings is 1. The summed E-state index contributed by atoms with van der Waals surface area (Å²) in [7, 11) is 0. The monoisotopic (exact) mass is 268 g/mol. The van der Waals surface area contributed by atoms with Gasteiger partial charge in [0, 0.05) is 18.5 Å². The van der Waals surface area contributed by atoms with Crippen LogP contribution in [0, 0.1) is 6.92 Å². The van der Waals surface area contributed by atoms with E-state index in [1.807, 2.05) is 42.2 Å². The maximum atomic E-state index is 12.7. The molecule has 0 atom stereocenters. The number of aryl methyl sites for hydroxylation is 1. The molecular weight excluding hydrogens is 248 g/mol. The molecule has 0 spiro atoms. The van der Waals surface area contributed by atoms with Crippen molar-refractivity contribution in [1.82, 2.24) is 9.88 Å². The van der Waals surface area contributed by atoms with Gasteiger partial charge in [0.05, 0.1) is 16.8 Å². The van der Waals surface area contributed by atoms with Crippen LogP contribution in [0.15, 0.2) is 30.3 Å². The maximum absolute atomic E-state index is 12.7. The third kappa shape index (κ3) is 2.53. The normalized spacial score (nSPS) is 16.1. The number of carbonyl (C=O) groups is 1. The predicted molar refractivity (Wildman–Crippen MR) is 80.9 cm³/mol. The topological polar surface area (TPSA) is 33.2 Å². The number of benzene rings is 1. The molecule has 1 aromatic carbocycles. The summed E-state index contributed by atoms with van der Waals surface area (Å²) in [6.07, 6.45) is 4.70. The summed E-state index contributed by atoms with van der Waals surface area (Å²) in [6, 6.07) is 9.96. The molecule has 0 saturated carbocycles. The minimum atomic E-state index is 0.141. The van der Waals surface area contributed by atoms with E-state index < -0.39 is 0 Å². The fourth-order valence-corrected chi connectivity index (χ4v) is 2.87. The molecule has 3 heteroatoms. The van der Waals surface area contributed by atoms with Gasteiger partial charge < -0.3 is 4.90 Å². The lowest BCUT2D eigenvalue weighted by Gasteiger charge is -2.21. The number of amides is 1. The van der Waals surface area contributed by atoms with E-state index in [4.69, 9.17) is 0 Å². The van der Waals surface area contributed by atoms with Gasteiger partial charge in [0.1, 0.15) is 0 Å². The first-order valence-corrected chi connectivity index (χ1v) is 7.41. The quantitative estimate of drug-likeness (QED) is 0.792. The van der Waals surface area contributed by atoms with Crippen molar-refractivity contribution in [3.63, 3.8) is 0 Å². The SMILES string of the molecule is Cc1nc2ccccc2cc1C(=O)N1CCCCCC1. The molecule has 1 fully saturated rings. The highest BCUT2D eigenvalue weighted by Crippen LogP contribution is 2.19. The second kappa shape index (κ2) is 5.61. The Morgan fingerprint density at radius 3 is 2.55 bits per heavy atom. The first-order chi connectivity index (χ1) is 9.75. The van der Waals surface area contributed by atoms with E-state index in [-0.39, 0.29) is 5.91 Å². The number of aromatic nitrogens is 1. The van der Waals surface area contributed by atoms with Gasteiger partial charge in [-0.15, -0.1) is 0 Å². The average Bonchev–Trinajstić information content (AvgIpc) is 2.75. The number of rotatable bonds is 1. The van der Waals surface area contributed by atoms with Gasteiger partial charge in [-0.05, 0) is 31.9 Å². The third-order valence-corrected chi connectivity index (χ3v) is 4.04. The molecule has 1 aliphatic heterocycles. The lowest BCUT2D eigenvalue weighted by Crippen LogP contribution is -2.32. The second-order valence-corrected chi connectivity index (χ2v) is 5.52. The van der Waals surface area contributed by atoms with Gasteiger partial charge >= 0.3 is 0 Å². The first kappa shape index (κ1) is 13.1. The molecule has 0 unspecified atom stereocenters. The number of carbonyl (C=O) groups excluding carboxylic acids is 1. The van der Waals surface area contributed by atoms with E-state index in [1.165, 1.54) is 12.8 Å². The van der Waals surface area contributed by atoms with Crippen LogP contribution in [0.3, 0.4) is 0 Å². The van der Waals surface area contributed by atoms with Crippen LogP contribution in [0.5, 0.6) is 0 Å². The first-order valence-electron chi connectivity index (χ1n) is 7.41. The van der Waals surface area contributed by atoms with Gasteiger partial charge in [0.15, 0.2) is 0 Å². The minimum Gasteiger partial charge on any atom is -0.339 e. The van der Waals surface area contributed by atoms with Crippen molar-refractivity contribution in [2.24, 2.45) is 0 Å². The molecule has 1 aromatic heterocycles. The highest BCUT2D eigenvalue weighted by atomic mass is 16.2. The molecule has 0 radical (unpaired) electrons. The van der Waals surface area contributed by atoms with Gasteiger partial charge in [-0.1, -0.05) is 31.0 Å². The van der Waals surface area contributed by atoms with Crippen LogP contribution in [0.4, 0.5) is 0 Å². The van der Waals surface area contributed by atoms with Gasteiger partial charge in [-0.25, -0.2) is 0 Å². The van der Waals surface area contributed by atoms with Crippen LogP contribution in [-0.2, 0) is 0 Å². The Kier molecular flexibility index (Phi) is 3.68. The van der Waals surface area contributed by atoms with Crippen molar-refractivity contribution in [1.29, 1.82) is 0 Å². The van der Waals surface area contributed by atoms with E-state index in [0.717, 1.165) is 48.1 Å². The largest absolute Gasteiger partial charge is 0.339 e. The fourth-order valence-electron chi connectivity index (χ4n) is 2.87. The van der Waals surface area contributed by atoms with E-state index in [0.29, 0.717) is 0 Å². The van der Waals surface area contributed by atoms with Gasteiger partial charge in [-0.2, -0.15) is 0 Å². The molecule has 20 heavy (non-hydrogen) atoms. The van der Waals surface area contributed by atoms with Gasteiger partial charge in [0.25, 0.3) is 5.91 Å². The minimum absolute atomic E-state index is 0.141. The summed E-state index contributed by atoms with van der Waals surface area (Å²) >= 11 is 0. The van der Waals surface area contributed by atoms with E-state index in [1.54, 1.807) is 0 Å². The highest BCUT2D eigenvalue weighted by Gasteiger charge is 2.19. The van der Waals surface area contributed by atoms with Crippen molar-refractivity contribution < 1.29 is 4.79 Å². The van der Waals surface area contributed by atoms with Crippen LogP contribution >= 0.6 is 0 Å². The molecule has 0 aliphatic carbocycles. The highest BCUT2D eigenvalue weighted by molar-refractivity contribution is 5.98. The Hall–Kier alpha value is -1.90. The molecule has 1 saturated heterocycles. The zero-order valence-electron chi connectivity index (χ0n) is 11.9. The van der Waals surface area contributed by atoms with Crippen LogP contribution in [0.1, 0.15) is 41.7 Å².